The molecule has 1 atom stereocenters. The Morgan fingerprint density at radius 3 is 3.50 bits per heavy atom. The van der Waals surface area contributed by atoms with Gasteiger partial charge in [0.2, 0.25) is 0 Å². The van der Waals surface area contributed by atoms with E-state index in [-0.39, 0.29) is 0 Å². The zero-order valence-corrected chi connectivity index (χ0v) is 7.12. The van der Waals surface area contributed by atoms with Crippen LogP contribution in [0.25, 0.3) is 0 Å². The molecular weight excluding hydrogens is 150 g/mol. The van der Waals surface area contributed by atoms with Gasteiger partial charge in [0.05, 0.1) is 6.26 Å². The predicted octanol–water partition coefficient (Wildman–Crippen LogP) is 1.80. The van der Waals surface area contributed by atoms with Crippen LogP contribution in [0.2, 0.25) is 0 Å². The first-order chi connectivity index (χ1) is 5.93. The summed E-state index contributed by atoms with van der Waals surface area (Å²) >= 11 is 0. The summed E-state index contributed by atoms with van der Waals surface area (Å²) in [5, 5.41) is 0. The normalized spacial score (nSPS) is 28.5. The van der Waals surface area contributed by atoms with E-state index in [1.165, 1.54) is 30.7 Å². The minimum atomic E-state index is 0.781. The summed E-state index contributed by atoms with van der Waals surface area (Å²) in [5.74, 6) is 1.23. The van der Waals surface area contributed by atoms with Gasteiger partial charge in [-0.25, -0.2) is 0 Å². The van der Waals surface area contributed by atoms with E-state index in [9.17, 15) is 0 Å². The highest BCUT2D eigenvalue weighted by molar-refractivity contribution is 5.21. The van der Waals surface area contributed by atoms with Crippen LogP contribution in [0.1, 0.15) is 24.2 Å². The molecule has 0 N–H and O–H groups in total. The molecule has 64 valence electrons. The Morgan fingerprint density at radius 1 is 1.50 bits per heavy atom. The molecular formula is C10H13NO. The highest BCUT2D eigenvalue weighted by atomic mass is 16.3. The molecule has 1 saturated heterocycles. The average molecular weight is 163 g/mol. The van der Waals surface area contributed by atoms with Crippen LogP contribution in [0.3, 0.4) is 0 Å². The summed E-state index contributed by atoms with van der Waals surface area (Å²) in [7, 11) is 0. The van der Waals surface area contributed by atoms with E-state index in [1.54, 1.807) is 0 Å². The quantitative estimate of drug-likeness (QED) is 0.580. The standard InChI is InChI=1S/C10H13NO/c1-2-9-6-10-8(3-5-12-10)7-11(9)4-1/h3,5,9H,1-2,4,6-7H2. The summed E-state index contributed by atoms with van der Waals surface area (Å²) in [5.41, 5.74) is 1.41. The number of nitrogens with zero attached hydrogens (tertiary/aromatic N) is 1. The van der Waals surface area contributed by atoms with Crippen LogP contribution < -0.4 is 0 Å². The topological polar surface area (TPSA) is 16.4 Å². The molecule has 12 heavy (non-hydrogen) atoms. The second kappa shape index (κ2) is 2.36. The van der Waals surface area contributed by atoms with Crippen molar-refractivity contribution in [2.45, 2.75) is 31.8 Å². The van der Waals surface area contributed by atoms with Crippen LogP contribution in [0, 0.1) is 0 Å². The van der Waals surface area contributed by atoms with E-state index in [0.717, 1.165) is 19.0 Å². The van der Waals surface area contributed by atoms with Crippen molar-refractivity contribution in [1.29, 1.82) is 0 Å². The first-order valence-corrected chi connectivity index (χ1v) is 4.73. The summed E-state index contributed by atoms with van der Waals surface area (Å²) in [6, 6.07) is 2.90. The van der Waals surface area contributed by atoms with E-state index in [2.05, 4.69) is 11.0 Å². The van der Waals surface area contributed by atoms with Crippen molar-refractivity contribution in [3.05, 3.63) is 23.7 Å². The zero-order valence-electron chi connectivity index (χ0n) is 7.12. The van der Waals surface area contributed by atoms with E-state index < -0.39 is 0 Å². The molecule has 1 aromatic heterocycles. The van der Waals surface area contributed by atoms with Gasteiger partial charge in [0.15, 0.2) is 0 Å². The monoisotopic (exact) mass is 163 g/mol. The van der Waals surface area contributed by atoms with Gasteiger partial charge in [-0.2, -0.15) is 0 Å². The molecule has 2 nitrogen and oxygen atoms in total. The summed E-state index contributed by atoms with van der Waals surface area (Å²) in [6.07, 6.45) is 5.70. The minimum absolute atomic E-state index is 0.781. The fraction of sp³-hybridized carbons (Fsp3) is 0.600. The van der Waals surface area contributed by atoms with Crippen molar-refractivity contribution < 1.29 is 4.42 Å². The molecule has 0 radical (unpaired) electrons. The summed E-state index contributed by atoms with van der Waals surface area (Å²) in [6.45, 7) is 2.41. The van der Waals surface area contributed by atoms with Crippen molar-refractivity contribution in [1.82, 2.24) is 4.90 Å². The van der Waals surface area contributed by atoms with E-state index in [1.807, 2.05) is 6.26 Å². The third-order valence-corrected chi connectivity index (χ3v) is 3.13. The Hall–Kier alpha value is -0.760. The Labute approximate surface area is 72.2 Å². The van der Waals surface area contributed by atoms with Gasteiger partial charge in [-0.05, 0) is 25.5 Å². The molecule has 0 amide bonds. The summed E-state index contributed by atoms with van der Waals surface area (Å²) in [4.78, 5) is 2.58. The fourth-order valence-electron chi connectivity index (χ4n) is 2.45. The maximum Gasteiger partial charge on any atom is 0.109 e. The van der Waals surface area contributed by atoms with Gasteiger partial charge in [-0.3, -0.25) is 4.90 Å². The highest BCUT2D eigenvalue weighted by Crippen LogP contribution is 2.30. The third-order valence-electron chi connectivity index (χ3n) is 3.13. The Morgan fingerprint density at radius 2 is 2.50 bits per heavy atom. The molecule has 2 aliphatic rings. The van der Waals surface area contributed by atoms with Gasteiger partial charge in [0.1, 0.15) is 5.76 Å². The molecule has 3 heterocycles. The van der Waals surface area contributed by atoms with Crippen LogP contribution in [-0.2, 0) is 13.0 Å². The van der Waals surface area contributed by atoms with Crippen molar-refractivity contribution >= 4 is 0 Å². The number of fused-ring (bicyclic) bond motifs is 2. The summed E-state index contributed by atoms with van der Waals surface area (Å²) < 4.78 is 5.44. The van der Waals surface area contributed by atoms with Crippen molar-refractivity contribution in [3.63, 3.8) is 0 Å². The lowest BCUT2D eigenvalue weighted by atomic mass is 10.0. The molecule has 0 aliphatic carbocycles. The smallest absolute Gasteiger partial charge is 0.109 e. The van der Waals surface area contributed by atoms with Crippen molar-refractivity contribution in [2.24, 2.45) is 0 Å². The van der Waals surface area contributed by atoms with Crippen molar-refractivity contribution in [2.75, 3.05) is 6.54 Å². The lowest BCUT2D eigenvalue weighted by molar-refractivity contribution is 0.214. The van der Waals surface area contributed by atoms with Gasteiger partial charge in [-0.15, -0.1) is 0 Å². The van der Waals surface area contributed by atoms with E-state index in [4.69, 9.17) is 4.42 Å². The highest BCUT2D eigenvalue weighted by Gasteiger charge is 2.31. The lowest BCUT2D eigenvalue weighted by Gasteiger charge is -2.28. The Balaban J connectivity index is 1.95. The number of hydrogen-bond acceptors (Lipinski definition) is 2. The molecule has 0 saturated carbocycles. The first kappa shape index (κ1) is 6.72. The van der Waals surface area contributed by atoms with Crippen LogP contribution >= 0.6 is 0 Å². The maximum absolute atomic E-state index is 5.44. The number of furan rings is 1. The first-order valence-electron chi connectivity index (χ1n) is 4.73. The van der Waals surface area contributed by atoms with Gasteiger partial charge in [-0.1, -0.05) is 0 Å². The average Bonchev–Trinajstić information content (AvgIpc) is 2.64. The SMILES string of the molecule is c1cc2c(o1)CC1CCCN1C2. The number of hydrogen-bond donors (Lipinski definition) is 0. The number of rotatable bonds is 0. The van der Waals surface area contributed by atoms with Gasteiger partial charge < -0.3 is 4.42 Å². The van der Waals surface area contributed by atoms with Gasteiger partial charge in [0, 0.05) is 24.6 Å². The maximum atomic E-state index is 5.44. The van der Waals surface area contributed by atoms with Crippen LogP contribution in [-0.4, -0.2) is 17.5 Å². The van der Waals surface area contributed by atoms with Crippen LogP contribution in [0.5, 0.6) is 0 Å². The van der Waals surface area contributed by atoms with Crippen molar-refractivity contribution in [3.8, 4) is 0 Å². The molecule has 2 aliphatic heterocycles. The van der Waals surface area contributed by atoms with E-state index >= 15 is 0 Å². The minimum Gasteiger partial charge on any atom is -0.469 e. The molecule has 1 fully saturated rings. The third kappa shape index (κ3) is 0.845. The lowest BCUT2D eigenvalue weighted by Crippen LogP contribution is -2.34. The van der Waals surface area contributed by atoms with Crippen LogP contribution in [0.4, 0.5) is 0 Å². The Bertz CT molecular complexity index is 265. The zero-order chi connectivity index (χ0) is 7.97. The van der Waals surface area contributed by atoms with Gasteiger partial charge in [0.25, 0.3) is 0 Å². The predicted molar refractivity (Wildman–Crippen MR) is 45.8 cm³/mol. The molecule has 0 spiro atoms. The van der Waals surface area contributed by atoms with Crippen LogP contribution in [0.15, 0.2) is 16.7 Å². The largest absolute Gasteiger partial charge is 0.469 e. The second-order valence-electron chi connectivity index (χ2n) is 3.84. The molecule has 1 unspecified atom stereocenters. The fourth-order valence-corrected chi connectivity index (χ4v) is 2.45. The second-order valence-corrected chi connectivity index (χ2v) is 3.84. The molecule has 0 aromatic carbocycles. The molecule has 1 aromatic rings. The molecule has 0 bridgehead atoms. The molecule has 3 rings (SSSR count). The van der Waals surface area contributed by atoms with E-state index in [0.29, 0.717) is 0 Å². The molecule has 2 heteroatoms. The van der Waals surface area contributed by atoms with Gasteiger partial charge >= 0.3 is 0 Å². The Kier molecular flexibility index (Phi) is 1.32.